The topological polar surface area (TPSA) is 26.3 Å². The van der Waals surface area contributed by atoms with Gasteiger partial charge in [-0.25, -0.2) is 0 Å². The SMILES string of the molecule is COC(=O)C1CC12CCCc1cc(Br)ccc12. The maximum absolute atomic E-state index is 11.7. The standard InChI is InChI=1S/C14H15BrO2/c1-17-13(16)12-8-14(12)6-2-3-9-7-10(15)4-5-11(9)14/h4-5,7,12H,2-3,6,8H2,1H3. The van der Waals surface area contributed by atoms with Crippen LogP contribution in [0.4, 0.5) is 0 Å². The first-order valence-electron chi connectivity index (χ1n) is 6.04. The minimum atomic E-state index is -0.0410. The van der Waals surface area contributed by atoms with Crippen molar-refractivity contribution >= 4 is 21.9 Å². The molecule has 3 heteroatoms. The van der Waals surface area contributed by atoms with E-state index in [2.05, 4.69) is 34.1 Å². The van der Waals surface area contributed by atoms with Crippen molar-refractivity contribution in [3.05, 3.63) is 33.8 Å². The molecule has 1 spiro atoms. The third-order valence-corrected chi connectivity index (χ3v) is 4.73. The average molecular weight is 295 g/mol. The molecule has 1 aromatic rings. The lowest BCUT2D eigenvalue weighted by Gasteiger charge is -2.26. The summed E-state index contributed by atoms with van der Waals surface area (Å²) in [6.07, 6.45) is 4.40. The molecule has 2 atom stereocenters. The van der Waals surface area contributed by atoms with Crippen molar-refractivity contribution < 1.29 is 9.53 Å². The molecule has 2 aliphatic carbocycles. The van der Waals surface area contributed by atoms with Gasteiger partial charge in [-0.3, -0.25) is 4.79 Å². The predicted molar refractivity (Wildman–Crippen MR) is 68.9 cm³/mol. The van der Waals surface area contributed by atoms with E-state index in [1.165, 1.54) is 24.7 Å². The van der Waals surface area contributed by atoms with Crippen molar-refractivity contribution in [1.29, 1.82) is 0 Å². The number of rotatable bonds is 1. The summed E-state index contributed by atoms with van der Waals surface area (Å²) in [4.78, 5) is 11.7. The van der Waals surface area contributed by atoms with E-state index in [1.807, 2.05) is 0 Å². The zero-order valence-electron chi connectivity index (χ0n) is 9.83. The lowest BCUT2D eigenvalue weighted by molar-refractivity contribution is -0.142. The number of ether oxygens (including phenoxy) is 1. The van der Waals surface area contributed by atoms with Crippen LogP contribution < -0.4 is 0 Å². The summed E-state index contributed by atoms with van der Waals surface area (Å²) < 4.78 is 6.02. The molecule has 0 aromatic heterocycles. The van der Waals surface area contributed by atoms with E-state index >= 15 is 0 Å². The van der Waals surface area contributed by atoms with Crippen molar-refractivity contribution in [3.63, 3.8) is 0 Å². The van der Waals surface area contributed by atoms with Crippen LogP contribution in [0.3, 0.4) is 0 Å². The summed E-state index contributed by atoms with van der Waals surface area (Å²) in [5.41, 5.74) is 2.88. The van der Waals surface area contributed by atoms with E-state index in [0.29, 0.717) is 0 Å². The summed E-state index contributed by atoms with van der Waals surface area (Å²) in [6.45, 7) is 0. The van der Waals surface area contributed by atoms with E-state index in [9.17, 15) is 4.79 Å². The molecule has 1 fully saturated rings. The summed E-state index contributed by atoms with van der Waals surface area (Å²) in [5, 5.41) is 0. The van der Waals surface area contributed by atoms with Crippen molar-refractivity contribution in [2.24, 2.45) is 5.92 Å². The fourth-order valence-electron chi connectivity index (χ4n) is 3.31. The average Bonchev–Trinajstić information content (AvgIpc) is 3.03. The number of benzene rings is 1. The fourth-order valence-corrected chi connectivity index (χ4v) is 3.72. The van der Waals surface area contributed by atoms with Crippen LogP contribution in [-0.4, -0.2) is 13.1 Å². The first kappa shape index (κ1) is 11.3. The highest BCUT2D eigenvalue weighted by atomic mass is 79.9. The zero-order valence-corrected chi connectivity index (χ0v) is 11.4. The number of aryl methyl sites for hydroxylation is 1. The van der Waals surface area contributed by atoms with Crippen molar-refractivity contribution in [2.75, 3.05) is 7.11 Å². The molecule has 0 radical (unpaired) electrons. The summed E-state index contributed by atoms with van der Waals surface area (Å²) >= 11 is 3.51. The summed E-state index contributed by atoms with van der Waals surface area (Å²) in [6, 6.07) is 6.46. The molecule has 0 bridgehead atoms. The largest absolute Gasteiger partial charge is 0.469 e. The Morgan fingerprint density at radius 1 is 1.53 bits per heavy atom. The minimum Gasteiger partial charge on any atom is -0.469 e. The highest BCUT2D eigenvalue weighted by Crippen LogP contribution is 2.60. The Morgan fingerprint density at radius 2 is 2.35 bits per heavy atom. The lowest BCUT2D eigenvalue weighted by atomic mass is 9.79. The third-order valence-electron chi connectivity index (χ3n) is 4.23. The zero-order chi connectivity index (χ0) is 12.0. The maximum Gasteiger partial charge on any atom is 0.309 e. The van der Waals surface area contributed by atoms with Crippen LogP contribution in [-0.2, 0) is 21.4 Å². The van der Waals surface area contributed by atoms with E-state index in [-0.39, 0.29) is 17.3 Å². The number of halogens is 1. The molecule has 0 N–H and O–H groups in total. The smallest absolute Gasteiger partial charge is 0.309 e. The second-order valence-corrected chi connectivity index (χ2v) is 6.01. The first-order valence-corrected chi connectivity index (χ1v) is 6.83. The molecular formula is C14H15BrO2. The quantitative estimate of drug-likeness (QED) is 0.744. The van der Waals surface area contributed by atoms with Crippen LogP contribution >= 0.6 is 15.9 Å². The molecule has 0 saturated heterocycles. The van der Waals surface area contributed by atoms with E-state index in [0.717, 1.165) is 23.7 Å². The Bertz CT molecular complexity index is 483. The Balaban J connectivity index is 1.99. The number of esters is 1. The Labute approximate surface area is 109 Å². The molecule has 90 valence electrons. The Hall–Kier alpha value is -0.830. The predicted octanol–water partition coefficient (Wildman–Crippen LogP) is 3.22. The second-order valence-electron chi connectivity index (χ2n) is 5.09. The van der Waals surface area contributed by atoms with Gasteiger partial charge in [-0.15, -0.1) is 0 Å². The molecule has 0 aliphatic heterocycles. The van der Waals surface area contributed by atoms with Gasteiger partial charge in [0.05, 0.1) is 13.0 Å². The highest BCUT2D eigenvalue weighted by molar-refractivity contribution is 9.10. The van der Waals surface area contributed by atoms with Crippen molar-refractivity contribution in [2.45, 2.75) is 31.1 Å². The van der Waals surface area contributed by atoms with Gasteiger partial charge in [0, 0.05) is 9.89 Å². The minimum absolute atomic E-state index is 0.0410. The van der Waals surface area contributed by atoms with Gasteiger partial charge in [0.15, 0.2) is 0 Å². The van der Waals surface area contributed by atoms with Gasteiger partial charge in [0.1, 0.15) is 0 Å². The number of methoxy groups -OCH3 is 1. The molecule has 2 aliphatic rings. The summed E-state index contributed by atoms with van der Waals surface area (Å²) in [7, 11) is 1.49. The molecular weight excluding hydrogens is 280 g/mol. The number of hydrogen-bond donors (Lipinski definition) is 0. The Morgan fingerprint density at radius 3 is 3.12 bits per heavy atom. The normalized spacial score (nSPS) is 29.9. The Kier molecular flexibility index (Phi) is 2.54. The molecule has 0 heterocycles. The maximum atomic E-state index is 11.7. The number of fused-ring (bicyclic) bond motifs is 2. The van der Waals surface area contributed by atoms with Crippen LogP contribution in [0.25, 0.3) is 0 Å². The van der Waals surface area contributed by atoms with E-state index < -0.39 is 0 Å². The van der Waals surface area contributed by atoms with Gasteiger partial charge in [0.2, 0.25) is 0 Å². The van der Waals surface area contributed by atoms with Gasteiger partial charge in [-0.2, -0.15) is 0 Å². The molecule has 0 amide bonds. The van der Waals surface area contributed by atoms with Crippen LogP contribution in [0.5, 0.6) is 0 Å². The summed E-state index contributed by atoms with van der Waals surface area (Å²) in [5.74, 6) is 0.0495. The highest BCUT2D eigenvalue weighted by Gasteiger charge is 2.60. The number of hydrogen-bond acceptors (Lipinski definition) is 2. The number of carbonyl (C=O) groups excluding carboxylic acids is 1. The van der Waals surface area contributed by atoms with Crippen molar-refractivity contribution in [1.82, 2.24) is 0 Å². The molecule has 3 rings (SSSR count). The number of carbonyl (C=O) groups is 1. The van der Waals surface area contributed by atoms with Crippen LogP contribution in [0, 0.1) is 5.92 Å². The molecule has 1 aromatic carbocycles. The van der Waals surface area contributed by atoms with E-state index in [1.54, 1.807) is 0 Å². The van der Waals surface area contributed by atoms with Crippen LogP contribution in [0.15, 0.2) is 22.7 Å². The lowest BCUT2D eigenvalue weighted by Crippen LogP contribution is -2.22. The van der Waals surface area contributed by atoms with Gasteiger partial charge < -0.3 is 4.74 Å². The van der Waals surface area contributed by atoms with Crippen molar-refractivity contribution in [3.8, 4) is 0 Å². The van der Waals surface area contributed by atoms with Gasteiger partial charge in [-0.05, 0) is 48.9 Å². The molecule has 2 nitrogen and oxygen atoms in total. The van der Waals surface area contributed by atoms with Gasteiger partial charge in [0.25, 0.3) is 0 Å². The first-order chi connectivity index (χ1) is 8.17. The van der Waals surface area contributed by atoms with Gasteiger partial charge in [-0.1, -0.05) is 22.0 Å². The molecule has 17 heavy (non-hydrogen) atoms. The second kappa shape index (κ2) is 3.84. The third kappa shape index (κ3) is 1.63. The molecule has 2 unspecified atom stereocenters. The monoisotopic (exact) mass is 294 g/mol. The fraction of sp³-hybridized carbons (Fsp3) is 0.500. The van der Waals surface area contributed by atoms with Gasteiger partial charge >= 0.3 is 5.97 Å². The van der Waals surface area contributed by atoms with E-state index in [4.69, 9.17) is 4.74 Å². The van der Waals surface area contributed by atoms with Crippen LogP contribution in [0.1, 0.15) is 30.4 Å². The van der Waals surface area contributed by atoms with Crippen LogP contribution in [0.2, 0.25) is 0 Å². The molecule has 1 saturated carbocycles.